The lowest BCUT2D eigenvalue weighted by molar-refractivity contribution is 0.119. The molecule has 0 spiro atoms. The smallest absolute Gasteiger partial charge is 0.0613 e. The highest BCUT2D eigenvalue weighted by molar-refractivity contribution is 4.85. The maximum Gasteiger partial charge on any atom is 0.0613 e. The number of aliphatic hydroxyl groups excluding tert-OH is 1. The minimum atomic E-state index is -0.117. The van der Waals surface area contributed by atoms with E-state index in [4.69, 9.17) is 9.47 Å². The zero-order valence-corrected chi connectivity index (χ0v) is 14.5. The molecule has 128 valence electrons. The van der Waals surface area contributed by atoms with Gasteiger partial charge in [-0.15, -0.1) is 0 Å². The van der Waals surface area contributed by atoms with Crippen molar-refractivity contribution < 1.29 is 14.6 Å². The lowest BCUT2D eigenvalue weighted by atomic mass is 9.91. The molecular formula is C16H36N2O3. The zero-order chi connectivity index (χ0) is 16.0. The van der Waals surface area contributed by atoms with Crippen LogP contribution in [0.5, 0.6) is 0 Å². The van der Waals surface area contributed by atoms with E-state index in [-0.39, 0.29) is 12.1 Å². The van der Waals surface area contributed by atoms with Crippen LogP contribution in [0.1, 0.15) is 39.5 Å². The molecule has 0 rings (SSSR count). The second-order valence-corrected chi connectivity index (χ2v) is 5.61. The molecule has 0 aromatic heterocycles. The standard InChI is InChI=1S/C16H36N2O3/c1-5-16(15-19,17-6-2)9-7-10-18(12-14-21-4)11-8-13-20-3/h17,19H,5-15H2,1-4H3. The van der Waals surface area contributed by atoms with Crippen molar-refractivity contribution in [1.29, 1.82) is 0 Å². The molecule has 2 N–H and O–H groups in total. The molecule has 0 radical (unpaired) electrons. The quantitative estimate of drug-likeness (QED) is 0.449. The zero-order valence-electron chi connectivity index (χ0n) is 14.5. The van der Waals surface area contributed by atoms with E-state index in [2.05, 4.69) is 24.1 Å². The van der Waals surface area contributed by atoms with E-state index in [0.717, 1.165) is 65.1 Å². The van der Waals surface area contributed by atoms with E-state index in [9.17, 15) is 5.11 Å². The second-order valence-electron chi connectivity index (χ2n) is 5.61. The average Bonchev–Trinajstić information content (AvgIpc) is 2.51. The maximum atomic E-state index is 9.68. The first-order chi connectivity index (χ1) is 10.2. The normalized spacial score (nSPS) is 14.6. The second kappa shape index (κ2) is 13.5. The first-order valence-electron chi connectivity index (χ1n) is 8.24. The van der Waals surface area contributed by atoms with Crippen LogP contribution in [-0.2, 0) is 9.47 Å². The summed E-state index contributed by atoms with van der Waals surface area (Å²) < 4.78 is 10.3. The van der Waals surface area contributed by atoms with Gasteiger partial charge in [-0.05, 0) is 38.8 Å². The Kier molecular flexibility index (Phi) is 13.3. The molecule has 0 aliphatic heterocycles. The van der Waals surface area contributed by atoms with Crippen LogP contribution in [0.25, 0.3) is 0 Å². The van der Waals surface area contributed by atoms with Crippen LogP contribution in [0.2, 0.25) is 0 Å². The number of hydrogen-bond acceptors (Lipinski definition) is 5. The monoisotopic (exact) mass is 304 g/mol. The third kappa shape index (κ3) is 9.42. The van der Waals surface area contributed by atoms with Crippen LogP contribution in [-0.4, -0.2) is 75.8 Å². The molecule has 1 unspecified atom stereocenters. The van der Waals surface area contributed by atoms with Gasteiger partial charge >= 0.3 is 0 Å². The molecule has 1 atom stereocenters. The van der Waals surface area contributed by atoms with Gasteiger partial charge in [-0.25, -0.2) is 0 Å². The topological polar surface area (TPSA) is 54.0 Å². The average molecular weight is 304 g/mol. The van der Waals surface area contributed by atoms with Gasteiger partial charge in [-0.2, -0.15) is 0 Å². The minimum absolute atomic E-state index is 0.117. The van der Waals surface area contributed by atoms with Crippen LogP contribution >= 0.6 is 0 Å². The van der Waals surface area contributed by atoms with E-state index < -0.39 is 0 Å². The highest BCUT2D eigenvalue weighted by Crippen LogP contribution is 2.17. The molecule has 0 heterocycles. The molecule has 0 bridgehead atoms. The number of rotatable bonds is 15. The van der Waals surface area contributed by atoms with Crippen molar-refractivity contribution in [1.82, 2.24) is 10.2 Å². The predicted octanol–water partition coefficient (Wildman–Crippen LogP) is 1.50. The van der Waals surface area contributed by atoms with Gasteiger partial charge in [-0.1, -0.05) is 13.8 Å². The van der Waals surface area contributed by atoms with Gasteiger partial charge in [0.15, 0.2) is 0 Å². The number of likely N-dealkylation sites (N-methyl/N-ethyl adjacent to an activating group) is 1. The van der Waals surface area contributed by atoms with Crippen LogP contribution < -0.4 is 5.32 Å². The SMILES string of the molecule is CCNC(CC)(CO)CCCN(CCCOC)CCOC. The van der Waals surface area contributed by atoms with Gasteiger partial charge in [0.25, 0.3) is 0 Å². The van der Waals surface area contributed by atoms with E-state index in [1.807, 2.05) is 0 Å². The molecule has 0 aliphatic carbocycles. The van der Waals surface area contributed by atoms with Crippen molar-refractivity contribution in [2.45, 2.75) is 45.1 Å². The van der Waals surface area contributed by atoms with Gasteiger partial charge in [0, 0.05) is 39.5 Å². The highest BCUT2D eigenvalue weighted by Gasteiger charge is 2.25. The maximum absolute atomic E-state index is 9.68. The lowest BCUT2D eigenvalue weighted by Crippen LogP contribution is -2.48. The molecule has 5 heteroatoms. The largest absolute Gasteiger partial charge is 0.394 e. The van der Waals surface area contributed by atoms with E-state index in [1.54, 1.807) is 14.2 Å². The molecule has 0 saturated carbocycles. The van der Waals surface area contributed by atoms with Crippen LogP contribution in [0, 0.1) is 0 Å². The van der Waals surface area contributed by atoms with Crippen molar-refractivity contribution in [3.8, 4) is 0 Å². The van der Waals surface area contributed by atoms with Gasteiger partial charge in [0.2, 0.25) is 0 Å². The Hall–Kier alpha value is -0.200. The van der Waals surface area contributed by atoms with Gasteiger partial charge in [0.05, 0.1) is 13.2 Å². The summed E-state index contributed by atoms with van der Waals surface area (Å²) in [7, 11) is 3.49. The molecule has 0 aliphatic rings. The number of aliphatic hydroxyl groups is 1. The van der Waals surface area contributed by atoms with Crippen LogP contribution in [0.15, 0.2) is 0 Å². The van der Waals surface area contributed by atoms with E-state index in [0.29, 0.717) is 0 Å². The Morgan fingerprint density at radius 1 is 1.00 bits per heavy atom. The Morgan fingerprint density at radius 3 is 2.19 bits per heavy atom. The summed E-state index contributed by atoms with van der Waals surface area (Å²) in [4.78, 5) is 2.42. The molecule has 0 amide bonds. The number of nitrogens with one attached hydrogen (secondary N) is 1. The Balaban J connectivity index is 4.18. The number of hydrogen-bond donors (Lipinski definition) is 2. The molecular weight excluding hydrogens is 268 g/mol. The molecule has 0 saturated heterocycles. The van der Waals surface area contributed by atoms with Crippen LogP contribution in [0.4, 0.5) is 0 Å². The van der Waals surface area contributed by atoms with E-state index in [1.165, 1.54) is 0 Å². The highest BCUT2D eigenvalue weighted by atomic mass is 16.5. The summed E-state index contributed by atoms with van der Waals surface area (Å²) in [6.45, 7) is 9.94. The van der Waals surface area contributed by atoms with Crippen molar-refractivity contribution in [2.75, 3.05) is 60.2 Å². The molecule has 0 aromatic rings. The molecule has 21 heavy (non-hydrogen) atoms. The minimum Gasteiger partial charge on any atom is -0.394 e. The summed E-state index contributed by atoms with van der Waals surface area (Å²) >= 11 is 0. The Morgan fingerprint density at radius 2 is 1.67 bits per heavy atom. The predicted molar refractivity (Wildman–Crippen MR) is 87.8 cm³/mol. The number of ether oxygens (including phenoxy) is 2. The fourth-order valence-corrected chi connectivity index (χ4v) is 2.64. The lowest BCUT2D eigenvalue weighted by Gasteiger charge is -2.33. The molecule has 0 fully saturated rings. The summed E-state index contributed by atoms with van der Waals surface area (Å²) in [5.74, 6) is 0. The van der Waals surface area contributed by atoms with Crippen molar-refractivity contribution in [3.63, 3.8) is 0 Å². The fraction of sp³-hybridized carbons (Fsp3) is 1.00. The number of methoxy groups -OCH3 is 2. The first-order valence-corrected chi connectivity index (χ1v) is 8.24. The van der Waals surface area contributed by atoms with Crippen molar-refractivity contribution in [3.05, 3.63) is 0 Å². The van der Waals surface area contributed by atoms with Gasteiger partial charge in [0.1, 0.15) is 0 Å². The van der Waals surface area contributed by atoms with E-state index >= 15 is 0 Å². The van der Waals surface area contributed by atoms with Gasteiger partial charge in [-0.3, -0.25) is 0 Å². The van der Waals surface area contributed by atoms with Crippen molar-refractivity contribution in [2.24, 2.45) is 0 Å². The fourth-order valence-electron chi connectivity index (χ4n) is 2.64. The summed E-state index contributed by atoms with van der Waals surface area (Å²) in [6, 6.07) is 0. The summed E-state index contributed by atoms with van der Waals surface area (Å²) in [6.07, 6.45) is 4.09. The Labute approximate surface area is 131 Å². The third-order valence-corrected chi connectivity index (χ3v) is 4.10. The first kappa shape index (κ1) is 20.8. The van der Waals surface area contributed by atoms with Crippen LogP contribution in [0.3, 0.4) is 0 Å². The molecule has 0 aromatic carbocycles. The van der Waals surface area contributed by atoms with Gasteiger partial charge < -0.3 is 24.8 Å². The number of nitrogens with zero attached hydrogens (tertiary/aromatic N) is 1. The Bertz CT molecular complexity index is 224. The summed E-state index contributed by atoms with van der Waals surface area (Å²) in [5, 5.41) is 13.1. The van der Waals surface area contributed by atoms with Crippen molar-refractivity contribution >= 4 is 0 Å². The third-order valence-electron chi connectivity index (χ3n) is 4.10. The molecule has 5 nitrogen and oxygen atoms in total. The summed E-state index contributed by atoms with van der Waals surface area (Å²) in [5.41, 5.74) is -0.117.